The molecule has 204 valence electrons. The van der Waals surface area contributed by atoms with Crippen LogP contribution in [0.5, 0.6) is 0 Å². The number of carbonyl (C=O) groups is 1. The first-order valence-corrected chi connectivity index (χ1v) is 15.3. The maximum Gasteiger partial charge on any atom is 0.261 e. The summed E-state index contributed by atoms with van der Waals surface area (Å²) >= 11 is 1.76. The van der Waals surface area contributed by atoms with Gasteiger partial charge in [-0.25, -0.2) is 13.4 Å². The third-order valence-corrected chi connectivity index (χ3v) is 9.54. The van der Waals surface area contributed by atoms with Crippen LogP contribution in [0.3, 0.4) is 0 Å². The van der Waals surface area contributed by atoms with E-state index >= 15 is 0 Å². The predicted octanol–water partition coefficient (Wildman–Crippen LogP) is 4.57. The smallest absolute Gasteiger partial charge is 0.261 e. The molecule has 0 radical (unpaired) electrons. The van der Waals surface area contributed by atoms with Crippen molar-refractivity contribution in [2.45, 2.75) is 25.7 Å². The number of aryl methyl sites for hydroxylation is 3. The maximum atomic E-state index is 12.8. The molecule has 2 N–H and O–H groups in total. The molecule has 10 heteroatoms. The Labute approximate surface area is 233 Å². The van der Waals surface area contributed by atoms with E-state index < -0.39 is 10.0 Å². The Balaban J connectivity index is 1.11. The van der Waals surface area contributed by atoms with E-state index in [0.717, 1.165) is 48.9 Å². The largest absolute Gasteiger partial charge is 0.351 e. The number of sulfonamides is 1. The molecule has 1 aliphatic heterocycles. The van der Waals surface area contributed by atoms with Crippen molar-refractivity contribution in [1.82, 2.24) is 15.2 Å². The summed E-state index contributed by atoms with van der Waals surface area (Å²) in [5.74, 6) is -0.231. The zero-order valence-electron chi connectivity index (χ0n) is 22.4. The number of carbonyl (C=O) groups excluding carboxylic acids is 1. The van der Waals surface area contributed by atoms with Crippen LogP contribution in [0.1, 0.15) is 27.0 Å². The Bertz CT molecular complexity index is 1590. The van der Waals surface area contributed by atoms with E-state index in [4.69, 9.17) is 4.98 Å². The molecule has 0 spiro atoms. The van der Waals surface area contributed by atoms with E-state index in [1.807, 2.05) is 6.92 Å². The molecule has 0 saturated carbocycles. The summed E-state index contributed by atoms with van der Waals surface area (Å²) in [7, 11) is -3.74. The zero-order valence-corrected chi connectivity index (χ0v) is 24.0. The number of thiazole rings is 1. The van der Waals surface area contributed by atoms with Crippen LogP contribution in [0.2, 0.25) is 0 Å². The number of amides is 1. The van der Waals surface area contributed by atoms with Crippen LogP contribution in [-0.2, 0) is 10.0 Å². The summed E-state index contributed by atoms with van der Waals surface area (Å²) in [6.07, 6.45) is 0. The fourth-order valence-corrected chi connectivity index (χ4v) is 6.86. The van der Waals surface area contributed by atoms with E-state index in [0.29, 0.717) is 17.8 Å². The highest BCUT2D eigenvalue weighted by atomic mass is 32.2. The quantitative estimate of drug-likeness (QED) is 0.326. The highest BCUT2D eigenvalue weighted by Gasteiger charge is 2.21. The molecule has 0 aliphatic carbocycles. The molecule has 39 heavy (non-hydrogen) atoms. The Hall–Kier alpha value is -3.47. The lowest BCUT2D eigenvalue weighted by atomic mass is 10.1. The molecule has 1 saturated heterocycles. The molecule has 8 nitrogen and oxygen atoms in total. The van der Waals surface area contributed by atoms with Gasteiger partial charge in [0.05, 0.1) is 15.1 Å². The van der Waals surface area contributed by atoms with Gasteiger partial charge in [-0.1, -0.05) is 41.2 Å². The Morgan fingerprint density at radius 2 is 1.69 bits per heavy atom. The molecule has 2 heterocycles. The van der Waals surface area contributed by atoms with E-state index in [1.165, 1.54) is 15.8 Å². The fraction of sp³-hybridized carbons (Fsp3) is 0.310. The average molecular weight is 564 g/mol. The first-order chi connectivity index (χ1) is 18.7. The van der Waals surface area contributed by atoms with E-state index in [2.05, 4.69) is 45.8 Å². The molecule has 3 aromatic carbocycles. The van der Waals surface area contributed by atoms with Crippen LogP contribution in [0, 0.1) is 20.8 Å². The van der Waals surface area contributed by atoms with Gasteiger partial charge in [0.15, 0.2) is 5.13 Å². The Kier molecular flexibility index (Phi) is 7.88. The van der Waals surface area contributed by atoms with Crippen LogP contribution < -0.4 is 14.9 Å². The number of anilines is 2. The van der Waals surface area contributed by atoms with E-state index in [-0.39, 0.29) is 10.8 Å². The molecule has 1 aromatic heterocycles. The predicted molar refractivity (Wildman–Crippen MR) is 159 cm³/mol. The van der Waals surface area contributed by atoms with Gasteiger partial charge in [-0.3, -0.25) is 14.4 Å². The van der Waals surface area contributed by atoms with Crippen LogP contribution >= 0.6 is 11.3 Å². The third-order valence-electron chi connectivity index (χ3n) is 6.87. The van der Waals surface area contributed by atoms with Gasteiger partial charge in [0, 0.05) is 50.5 Å². The van der Waals surface area contributed by atoms with Gasteiger partial charge in [-0.05, 0) is 68.3 Å². The molecule has 5 rings (SSSR count). The summed E-state index contributed by atoms with van der Waals surface area (Å²) in [5.41, 5.74) is 5.32. The van der Waals surface area contributed by atoms with Crippen molar-refractivity contribution < 1.29 is 13.2 Å². The summed E-state index contributed by atoms with van der Waals surface area (Å²) in [6, 6.07) is 17.5. The van der Waals surface area contributed by atoms with E-state index in [1.54, 1.807) is 59.9 Å². The lowest BCUT2D eigenvalue weighted by molar-refractivity contribution is 0.0948. The lowest BCUT2D eigenvalue weighted by Crippen LogP contribution is -2.48. The molecule has 1 aliphatic rings. The SMILES string of the molecule is Cc1ccc(S(=O)(=O)Nc2cccc(C(=O)NCCN3CCN(c4nc5cc(C)cc(C)c5s4)CC3)c2)cc1. The highest BCUT2D eigenvalue weighted by molar-refractivity contribution is 7.92. The minimum absolute atomic E-state index is 0.177. The van der Waals surface area contributed by atoms with Crippen molar-refractivity contribution in [3.8, 4) is 0 Å². The topological polar surface area (TPSA) is 94.6 Å². The zero-order chi connectivity index (χ0) is 27.6. The van der Waals surface area contributed by atoms with Gasteiger partial charge in [-0.15, -0.1) is 0 Å². The van der Waals surface area contributed by atoms with Crippen molar-refractivity contribution in [2.75, 3.05) is 48.9 Å². The average Bonchev–Trinajstić information content (AvgIpc) is 3.34. The number of fused-ring (bicyclic) bond motifs is 1. The summed E-state index contributed by atoms with van der Waals surface area (Å²) in [4.78, 5) is 22.5. The van der Waals surface area contributed by atoms with E-state index in [9.17, 15) is 13.2 Å². The summed E-state index contributed by atoms with van der Waals surface area (Å²) < 4.78 is 29.2. The number of rotatable bonds is 8. The molecule has 0 bridgehead atoms. The van der Waals surface area contributed by atoms with Gasteiger partial charge in [0.25, 0.3) is 15.9 Å². The van der Waals surface area contributed by atoms with Crippen molar-refractivity contribution in [1.29, 1.82) is 0 Å². The van der Waals surface area contributed by atoms with Crippen molar-refractivity contribution in [3.05, 3.63) is 82.9 Å². The van der Waals surface area contributed by atoms with Crippen molar-refractivity contribution in [2.24, 2.45) is 0 Å². The number of aromatic nitrogens is 1. The van der Waals surface area contributed by atoms with Gasteiger partial charge in [-0.2, -0.15) is 0 Å². The van der Waals surface area contributed by atoms with Gasteiger partial charge < -0.3 is 10.2 Å². The Morgan fingerprint density at radius 1 is 0.949 bits per heavy atom. The van der Waals surface area contributed by atoms with Crippen LogP contribution in [0.15, 0.2) is 65.6 Å². The second-order valence-corrected chi connectivity index (χ2v) is 12.7. The fourth-order valence-electron chi connectivity index (χ4n) is 4.75. The number of nitrogens with one attached hydrogen (secondary N) is 2. The van der Waals surface area contributed by atoms with Crippen molar-refractivity contribution in [3.63, 3.8) is 0 Å². The minimum atomic E-state index is -3.74. The lowest BCUT2D eigenvalue weighted by Gasteiger charge is -2.34. The number of piperazine rings is 1. The molecular weight excluding hydrogens is 530 g/mol. The molecular formula is C29H33N5O3S2. The molecule has 1 fully saturated rings. The Morgan fingerprint density at radius 3 is 2.44 bits per heavy atom. The first kappa shape index (κ1) is 27.1. The second kappa shape index (κ2) is 11.3. The normalized spacial score (nSPS) is 14.5. The van der Waals surface area contributed by atoms with Crippen LogP contribution in [-0.4, -0.2) is 63.5 Å². The molecule has 4 aromatic rings. The minimum Gasteiger partial charge on any atom is -0.351 e. The van der Waals surface area contributed by atoms with Crippen LogP contribution in [0.25, 0.3) is 10.2 Å². The van der Waals surface area contributed by atoms with Gasteiger partial charge >= 0.3 is 0 Å². The van der Waals surface area contributed by atoms with Gasteiger partial charge in [0.1, 0.15) is 0 Å². The van der Waals surface area contributed by atoms with Gasteiger partial charge in [0.2, 0.25) is 0 Å². The van der Waals surface area contributed by atoms with Crippen molar-refractivity contribution >= 4 is 48.3 Å². The number of benzene rings is 3. The highest BCUT2D eigenvalue weighted by Crippen LogP contribution is 2.32. The first-order valence-electron chi connectivity index (χ1n) is 13.0. The monoisotopic (exact) mass is 563 g/mol. The molecule has 1 amide bonds. The van der Waals surface area contributed by atoms with Crippen LogP contribution in [0.4, 0.5) is 10.8 Å². The standard InChI is InChI=1S/C29H33N5O3S2/c1-20-7-9-25(10-8-20)39(36,37)32-24-6-4-5-23(19-24)28(35)30-11-12-33-13-15-34(16-14-33)29-31-26-18-21(2)17-22(3)27(26)38-29/h4-10,17-19,32H,11-16H2,1-3H3,(H,30,35). The third kappa shape index (κ3) is 6.41. The number of hydrogen-bond acceptors (Lipinski definition) is 7. The summed E-state index contributed by atoms with van der Waals surface area (Å²) in [5, 5.41) is 4.04. The summed E-state index contributed by atoms with van der Waals surface area (Å²) in [6.45, 7) is 11.0. The second-order valence-electron chi connectivity index (χ2n) is 10.0. The molecule has 0 atom stereocenters. The number of nitrogens with zero attached hydrogens (tertiary/aromatic N) is 3. The number of hydrogen-bond donors (Lipinski definition) is 2. The molecule has 0 unspecified atom stereocenters. The maximum absolute atomic E-state index is 12.8.